The molecule has 3 aromatic heterocycles. The van der Waals surface area contributed by atoms with Gasteiger partial charge in [-0.15, -0.1) is 5.10 Å². The lowest BCUT2D eigenvalue weighted by molar-refractivity contribution is -0.646. The number of rotatable bonds is 7. The summed E-state index contributed by atoms with van der Waals surface area (Å²) in [5.41, 5.74) is 9.03. The lowest BCUT2D eigenvalue weighted by atomic mass is 9.99. The van der Waals surface area contributed by atoms with Gasteiger partial charge in [0.1, 0.15) is 43.8 Å². The van der Waals surface area contributed by atoms with E-state index >= 15 is 0 Å². The molecular formula is C34H38FN6O4+. The number of aryl methyl sites for hydroxylation is 2. The van der Waals surface area contributed by atoms with Gasteiger partial charge in [0, 0.05) is 66.0 Å². The minimum atomic E-state index is -1.57. The molecule has 0 aliphatic carbocycles. The summed E-state index contributed by atoms with van der Waals surface area (Å²) in [5.74, 6) is 0. The van der Waals surface area contributed by atoms with E-state index in [2.05, 4.69) is 93.8 Å². The van der Waals surface area contributed by atoms with Crippen molar-refractivity contribution in [3.8, 4) is 16.9 Å². The molecule has 3 N–H and O–H groups in total. The number of alkyl halides is 1. The molecule has 1 aliphatic rings. The average Bonchev–Trinajstić information content (AvgIpc) is 3.63. The Morgan fingerprint density at radius 1 is 0.956 bits per heavy atom. The monoisotopic (exact) mass is 613 g/mol. The van der Waals surface area contributed by atoms with E-state index in [1.807, 2.05) is 38.4 Å². The Morgan fingerprint density at radius 3 is 2.42 bits per heavy atom. The largest absolute Gasteiger partial charge is 0.387 e. The van der Waals surface area contributed by atoms with Gasteiger partial charge in [-0.2, -0.15) is 4.57 Å². The van der Waals surface area contributed by atoms with Crippen LogP contribution >= 0.6 is 0 Å². The number of halogens is 1. The van der Waals surface area contributed by atoms with Crippen LogP contribution < -0.4 is 9.47 Å². The maximum Gasteiger partial charge on any atom is 0.212 e. The van der Waals surface area contributed by atoms with Crippen molar-refractivity contribution in [2.24, 2.45) is 7.05 Å². The Bertz CT molecular complexity index is 1860. The summed E-state index contributed by atoms with van der Waals surface area (Å²) < 4.78 is 24.4. The van der Waals surface area contributed by atoms with Crippen LogP contribution in [0.3, 0.4) is 0 Å². The quantitative estimate of drug-likeness (QED) is 0.241. The number of benzene rings is 2. The van der Waals surface area contributed by atoms with E-state index in [-0.39, 0.29) is 0 Å². The number of hydrogen-bond donors (Lipinski definition) is 3. The van der Waals surface area contributed by atoms with Crippen molar-refractivity contribution in [2.75, 3.05) is 25.7 Å². The highest BCUT2D eigenvalue weighted by Crippen LogP contribution is 2.30. The first-order valence-electron chi connectivity index (χ1n) is 14.8. The number of ether oxygens (including phenoxy) is 1. The maximum atomic E-state index is 13.3. The van der Waals surface area contributed by atoms with Crippen LogP contribution in [0.2, 0.25) is 0 Å². The minimum Gasteiger partial charge on any atom is -0.387 e. The molecule has 5 atom stereocenters. The average molecular weight is 614 g/mol. The summed E-state index contributed by atoms with van der Waals surface area (Å²) in [6, 6.07) is 20.8. The molecule has 11 heteroatoms. The van der Waals surface area contributed by atoms with Crippen molar-refractivity contribution >= 4 is 28.7 Å². The van der Waals surface area contributed by atoms with E-state index in [4.69, 9.17) is 4.74 Å². The Morgan fingerprint density at radius 2 is 1.71 bits per heavy atom. The van der Waals surface area contributed by atoms with Crippen LogP contribution in [0, 0.1) is 13.8 Å². The van der Waals surface area contributed by atoms with Crippen molar-refractivity contribution in [2.45, 2.75) is 44.5 Å². The van der Waals surface area contributed by atoms with Gasteiger partial charge in [-0.3, -0.25) is 0 Å². The predicted octanol–water partition coefficient (Wildman–Crippen LogP) is 3.52. The summed E-state index contributed by atoms with van der Waals surface area (Å²) in [4.78, 5) is 2.10. The van der Waals surface area contributed by atoms with Crippen LogP contribution in [0.1, 0.15) is 28.9 Å². The SMILES string of the molecule is Cc1cc(/C=C/c2ccc3cc(N(C)C)ccc3[n+]2C)c(C)n1-c1ccc(-c2cn(C3OC(CF)C(O)C(O)C3O)nn2)cc1. The standard InChI is InChI=1S/C34H38FN6O4/c1-20-16-23(8-10-25-11-9-24-17-27(38(3)4)14-15-29(24)39(25)5)21(2)41(20)26-12-6-22(7-13-26)28-19-40(37-36-28)34-33(44)32(43)31(42)30(18-35)45-34/h6-17,19,30-34,42-44H,18H2,1-5H3/q+1. The van der Waals surface area contributed by atoms with Gasteiger partial charge in [0.15, 0.2) is 6.23 Å². The molecule has 0 bridgehead atoms. The zero-order chi connectivity index (χ0) is 32.0. The molecule has 1 saturated heterocycles. The first-order valence-corrected chi connectivity index (χ1v) is 14.8. The molecule has 0 amide bonds. The summed E-state index contributed by atoms with van der Waals surface area (Å²) in [5, 5.41) is 39.9. The molecule has 4 heterocycles. The second-order valence-corrected chi connectivity index (χ2v) is 11.8. The fourth-order valence-electron chi connectivity index (χ4n) is 5.97. The first kappa shape index (κ1) is 30.6. The number of hydrogen-bond acceptors (Lipinski definition) is 7. The minimum absolute atomic E-state index is 0.514. The van der Waals surface area contributed by atoms with Gasteiger partial charge < -0.3 is 29.5 Å². The van der Waals surface area contributed by atoms with Crippen molar-refractivity contribution in [1.82, 2.24) is 19.6 Å². The second-order valence-electron chi connectivity index (χ2n) is 11.8. The van der Waals surface area contributed by atoms with Crippen LogP contribution in [0.5, 0.6) is 0 Å². The highest BCUT2D eigenvalue weighted by atomic mass is 19.1. The van der Waals surface area contributed by atoms with Crippen molar-refractivity contribution in [3.63, 3.8) is 0 Å². The summed E-state index contributed by atoms with van der Waals surface area (Å²) in [6.07, 6.45) is -1.22. The number of nitrogens with zero attached hydrogens (tertiary/aromatic N) is 6. The number of aliphatic hydroxyl groups is 3. The third-order valence-corrected chi connectivity index (χ3v) is 8.65. The van der Waals surface area contributed by atoms with E-state index in [1.54, 1.807) is 6.20 Å². The lowest BCUT2D eigenvalue weighted by Crippen LogP contribution is -2.56. The molecule has 0 radical (unpaired) electrons. The predicted molar refractivity (Wildman–Crippen MR) is 171 cm³/mol. The molecular weight excluding hydrogens is 575 g/mol. The van der Waals surface area contributed by atoms with E-state index < -0.39 is 37.3 Å². The Balaban J connectivity index is 1.21. The fourth-order valence-corrected chi connectivity index (χ4v) is 5.97. The molecule has 1 aliphatic heterocycles. The van der Waals surface area contributed by atoms with E-state index in [0.29, 0.717) is 5.69 Å². The highest BCUT2D eigenvalue weighted by molar-refractivity contribution is 5.81. The van der Waals surface area contributed by atoms with Crippen molar-refractivity contribution in [1.29, 1.82) is 0 Å². The number of anilines is 1. The molecule has 0 spiro atoms. The summed E-state index contributed by atoms with van der Waals surface area (Å²) in [7, 11) is 6.17. The van der Waals surface area contributed by atoms with Gasteiger partial charge in [-0.1, -0.05) is 17.3 Å². The molecule has 5 aromatic rings. The van der Waals surface area contributed by atoms with Gasteiger partial charge >= 0.3 is 0 Å². The Hall–Kier alpha value is -4.42. The molecule has 234 valence electrons. The number of aliphatic hydroxyl groups excluding tert-OH is 3. The lowest BCUT2D eigenvalue weighted by Gasteiger charge is -2.39. The molecule has 5 unspecified atom stereocenters. The van der Waals surface area contributed by atoms with Crippen LogP contribution in [-0.4, -0.2) is 80.1 Å². The fraction of sp³-hybridized carbons (Fsp3) is 0.324. The van der Waals surface area contributed by atoms with E-state index in [0.717, 1.165) is 39.4 Å². The highest BCUT2D eigenvalue weighted by Gasteiger charge is 2.45. The van der Waals surface area contributed by atoms with Crippen LogP contribution in [0.15, 0.2) is 66.9 Å². The van der Waals surface area contributed by atoms with Gasteiger partial charge in [-0.05, 0) is 61.9 Å². The van der Waals surface area contributed by atoms with Gasteiger partial charge in [0.05, 0.1) is 6.20 Å². The molecule has 0 saturated carbocycles. The summed E-state index contributed by atoms with van der Waals surface area (Å²) >= 11 is 0. The van der Waals surface area contributed by atoms with Gasteiger partial charge in [0.2, 0.25) is 11.2 Å². The second kappa shape index (κ2) is 12.2. The molecule has 45 heavy (non-hydrogen) atoms. The number of pyridine rings is 1. The number of fused-ring (bicyclic) bond motifs is 1. The molecule has 6 rings (SSSR count). The smallest absolute Gasteiger partial charge is 0.212 e. The topological polar surface area (TPSA) is 113 Å². The molecule has 10 nitrogen and oxygen atoms in total. The van der Waals surface area contributed by atoms with Crippen molar-refractivity contribution in [3.05, 3.63) is 89.5 Å². The Kier molecular flexibility index (Phi) is 8.27. The van der Waals surface area contributed by atoms with Crippen LogP contribution in [0.25, 0.3) is 40.0 Å². The van der Waals surface area contributed by atoms with Gasteiger partial charge in [0.25, 0.3) is 0 Å². The van der Waals surface area contributed by atoms with Crippen molar-refractivity contribution < 1.29 is 29.0 Å². The Labute approximate surface area is 260 Å². The van der Waals surface area contributed by atoms with E-state index in [1.165, 1.54) is 15.8 Å². The molecule has 1 fully saturated rings. The summed E-state index contributed by atoms with van der Waals surface area (Å²) in [6.45, 7) is 3.16. The number of aromatic nitrogens is 5. The first-order chi connectivity index (χ1) is 21.6. The maximum absolute atomic E-state index is 13.3. The third kappa shape index (κ3) is 5.64. The van der Waals surface area contributed by atoms with Gasteiger partial charge in [-0.25, -0.2) is 9.07 Å². The molecule has 2 aromatic carbocycles. The zero-order valence-corrected chi connectivity index (χ0v) is 25.9. The zero-order valence-electron chi connectivity index (χ0n) is 25.9. The van der Waals surface area contributed by atoms with Crippen LogP contribution in [-0.2, 0) is 11.8 Å². The van der Waals surface area contributed by atoms with E-state index in [9.17, 15) is 19.7 Å². The van der Waals surface area contributed by atoms with Crippen LogP contribution in [0.4, 0.5) is 10.1 Å². The third-order valence-electron chi connectivity index (χ3n) is 8.65. The normalized spacial score (nSPS) is 22.0.